The number of nitrogens with one attached hydrogen (secondary N) is 1. The maximum atomic E-state index is 13.2. The van der Waals surface area contributed by atoms with Gasteiger partial charge in [0.1, 0.15) is 6.04 Å². The molecular formula is C10H10F2N2O. The summed E-state index contributed by atoms with van der Waals surface area (Å²) in [4.78, 5) is 0. The molecule has 2 N–H and O–H groups in total. The maximum absolute atomic E-state index is 13.2. The first-order valence-electron chi connectivity index (χ1n) is 4.38. The minimum atomic E-state index is -1.03. The summed E-state index contributed by atoms with van der Waals surface area (Å²) in [7, 11) is 0. The van der Waals surface area contributed by atoms with Crippen molar-refractivity contribution < 1.29 is 13.9 Å². The van der Waals surface area contributed by atoms with Crippen LogP contribution in [0.3, 0.4) is 0 Å². The average Bonchev–Trinajstić information content (AvgIpc) is 2.25. The SMILES string of the molecule is N#CC(NCCO)c1cccc(F)c1F. The zero-order valence-electron chi connectivity index (χ0n) is 7.87. The van der Waals surface area contributed by atoms with E-state index in [-0.39, 0.29) is 18.7 Å². The fourth-order valence-electron chi connectivity index (χ4n) is 1.18. The van der Waals surface area contributed by atoms with Gasteiger partial charge in [0.25, 0.3) is 0 Å². The Balaban J connectivity index is 2.93. The van der Waals surface area contributed by atoms with Gasteiger partial charge in [-0.3, -0.25) is 5.32 Å². The molecule has 0 aromatic heterocycles. The molecule has 80 valence electrons. The Kier molecular flexibility index (Phi) is 4.16. The monoisotopic (exact) mass is 212 g/mol. The van der Waals surface area contributed by atoms with Crippen LogP contribution in [-0.2, 0) is 0 Å². The predicted octanol–water partition coefficient (Wildman–Crippen LogP) is 1.11. The zero-order valence-corrected chi connectivity index (χ0v) is 7.87. The van der Waals surface area contributed by atoms with E-state index in [1.807, 2.05) is 0 Å². The van der Waals surface area contributed by atoms with Crippen molar-refractivity contribution in [1.29, 1.82) is 5.26 Å². The number of hydrogen-bond donors (Lipinski definition) is 2. The lowest BCUT2D eigenvalue weighted by molar-refractivity contribution is 0.288. The van der Waals surface area contributed by atoms with E-state index in [0.29, 0.717) is 0 Å². The Labute approximate surface area is 86.0 Å². The third kappa shape index (κ3) is 2.72. The summed E-state index contributed by atoms with van der Waals surface area (Å²) < 4.78 is 26.1. The predicted molar refractivity (Wildman–Crippen MR) is 49.8 cm³/mol. The molecule has 0 bridgehead atoms. The number of benzene rings is 1. The molecule has 0 heterocycles. The second-order valence-electron chi connectivity index (χ2n) is 2.88. The largest absolute Gasteiger partial charge is 0.395 e. The Hall–Kier alpha value is -1.51. The van der Waals surface area contributed by atoms with E-state index in [2.05, 4.69) is 5.32 Å². The van der Waals surface area contributed by atoms with Crippen LogP contribution < -0.4 is 5.32 Å². The quantitative estimate of drug-likeness (QED) is 0.786. The summed E-state index contributed by atoms with van der Waals surface area (Å²) in [6.45, 7) is -0.0245. The van der Waals surface area contributed by atoms with Crippen molar-refractivity contribution in [2.75, 3.05) is 13.2 Å². The fourth-order valence-corrected chi connectivity index (χ4v) is 1.18. The highest BCUT2D eigenvalue weighted by atomic mass is 19.2. The lowest BCUT2D eigenvalue weighted by Gasteiger charge is -2.11. The van der Waals surface area contributed by atoms with Gasteiger partial charge in [-0.05, 0) is 6.07 Å². The molecule has 0 spiro atoms. The van der Waals surface area contributed by atoms with Crippen molar-refractivity contribution in [3.63, 3.8) is 0 Å². The van der Waals surface area contributed by atoms with Crippen LogP contribution in [0.1, 0.15) is 11.6 Å². The summed E-state index contributed by atoms with van der Waals surface area (Å²) >= 11 is 0. The molecule has 0 radical (unpaired) electrons. The third-order valence-corrected chi connectivity index (χ3v) is 1.88. The van der Waals surface area contributed by atoms with Crippen molar-refractivity contribution >= 4 is 0 Å². The highest BCUT2D eigenvalue weighted by Crippen LogP contribution is 2.18. The molecule has 1 atom stereocenters. The molecule has 1 aromatic rings. The Bertz CT molecular complexity index is 376. The van der Waals surface area contributed by atoms with Gasteiger partial charge < -0.3 is 5.11 Å². The summed E-state index contributed by atoms with van der Waals surface area (Å²) in [5.41, 5.74) is -0.0500. The lowest BCUT2D eigenvalue weighted by atomic mass is 10.1. The molecular weight excluding hydrogens is 202 g/mol. The maximum Gasteiger partial charge on any atom is 0.164 e. The molecule has 5 heteroatoms. The third-order valence-electron chi connectivity index (χ3n) is 1.88. The number of nitrogens with zero attached hydrogens (tertiary/aromatic N) is 1. The van der Waals surface area contributed by atoms with Crippen molar-refractivity contribution in [3.05, 3.63) is 35.4 Å². The van der Waals surface area contributed by atoms with Crippen LogP contribution in [-0.4, -0.2) is 18.3 Å². The van der Waals surface area contributed by atoms with Gasteiger partial charge in [0.05, 0.1) is 12.7 Å². The van der Waals surface area contributed by atoms with Gasteiger partial charge in [0, 0.05) is 12.1 Å². The summed E-state index contributed by atoms with van der Waals surface area (Å²) in [5, 5.41) is 19.9. The van der Waals surface area contributed by atoms with Crippen LogP contribution in [0.4, 0.5) is 8.78 Å². The van der Waals surface area contributed by atoms with Crippen molar-refractivity contribution in [2.45, 2.75) is 6.04 Å². The summed E-state index contributed by atoms with van der Waals surface area (Å²) in [6, 6.07) is 4.49. The molecule has 0 aliphatic rings. The highest BCUT2D eigenvalue weighted by Gasteiger charge is 2.16. The molecule has 1 aromatic carbocycles. The summed E-state index contributed by atoms with van der Waals surface area (Å²) in [5.74, 6) is -2.02. The van der Waals surface area contributed by atoms with Gasteiger partial charge in [0.2, 0.25) is 0 Å². The van der Waals surface area contributed by atoms with Gasteiger partial charge in [-0.1, -0.05) is 12.1 Å². The lowest BCUT2D eigenvalue weighted by Crippen LogP contribution is -2.24. The van der Waals surface area contributed by atoms with Gasteiger partial charge in [-0.2, -0.15) is 5.26 Å². The average molecular weight is 212 g/mol. The fraction of sp³-hybridized carbons (Fsp3) is 0.300. The Morgan fingerprint density at radius 2 is 2.20 bits per heavy atom. The number of nitriles is 1. The Morgan fingerprint density at radius 3 is 2.80 bits per heavy atom. The highest BCUT2D eigenvalue weighted by molar-refractivity contribution is 5.26. The standard InChI is InChI=1S/C10H10F2N2O/c11-8-3-1-2-7(10(8)12)9(6-13)14-4-5-15/h1-3,9,14-15H,4-5H2. The topological polar surface area (TPSA) is 56.0 Å². The molecule has 0 amide bonds. The van der Waals surface area contributed by atoms with E-state index in [4.69, 9.17) is 10.4 Å². The number of hydrogen-bond acceptors (Lipinski definition) is 3. The van der Waals surface area contributed by atoms with Gasteiger partial charge in [0.15, 0.2) is 11.6 Å². The van der Waals surface area contributed by atoms with Crippen LogP contribution >= 0.6 is 0 Å². The number of aliphatic hydroxyl groups excluding tert-OH is 1. The second kappa shape index (κ2) is 5.39. The minimum Gasteiger partial charge on any atom is -0.395 e. The van der Waals surface area contributed by atoms with E-state index in [9.17, 15) is 8.78 Å². The first-order chi connectivity index (χ1) is 7.20. The molecule has 3 nitrogen and oxygen atoms in total. The van der Waals surface area contributed by atoms with Crippen molar-refractivity contribution in [2.24, 2.45) is 0 Å². The van der Waals surface area contributed by atoms with Crippen molar-refractivity contribution in [1.82, 2.24) is 5.32 Å². The number of aliphatic hydroxyl groups is 1. The first kappa shape index (κ1) is 11.6. The smallest absolute Gasteiger partial charge is 0.164 e. The Morgan fingerprint density at radius 1 is 1.47 bits per heavy atom. The second-order valence-corrected chi connectivity index (χ2v) is 2.88. The van der Waals surface area contributed by atoms with Gasteiger partial charge >= 0.3 is 0 Å². The molecule has 0 saturated heterocycles. The van der Waals surface area contributed by atoms with Crippen molar-refractivity contribution in [3.8, 4) is 6.07 Å². The van der Waals surface area contributed by atoms with Gasteiger partial charge in [-0.15, -0.1) is 0 Å². The molecule has 0 saturated carbocycles. The van der Waals surface area contributed by atoms with Crippen LogP contribution in [0.2, 0.25) is 0 Å². The van der Waals surface area contributed by atoms with Gasteiger partial charge in [-0.25, -0.2) is 8.78 Å². The van der Waals surface area contributed by atoms with E-state index in [1.165, 1.54) is 12.1 Å². The molecule has 0 fully saturated rings. The molecule has 0 aliphatic carbocycles. The normalized spacial score (nSPS) is 12.1. The van der Waals surface area contributed by atoms with E-state index in [1.54, 1.807) is 6.07 Å². The molecule has 15 heavy (non-hydrogen) atoms. The number of rotatable bonds is 4. The van der Waals surface area contributed by atoms with Crippen LogP contribution in [0.25, 0.3) is 0 Å². The molecule has 1 unspecified atom stereocenters. The number of halogens is 2. The zero-order chi connectivity index (χ0) is 11.3. The van der Waals surface area contributed by atoms with E-state index in [0.717, 1.165) is 6.07 Å². The first-order valence-corrected chi connectivity index (χ1v) is 4.38. The van der Waals surface area contributed by atoms with Crippen LogP contribution in [0, 0.1) is 23.0 Å². The molecule has 1 rings (SSSR count). The van der Waals surface area contributed by atoms with E-state index < -0.39 is 17.7 Å². The van der Waals surface area contributed by atoms with Crippen LogP contribution in [0.5, 0.6) is 0 Å². The summed E-state index contributed by atoms with van der Waals surface area (Å²) in [6.07, 6.45) is 0. The minimum absolute atomic E-state index is 0.0500. The van der Waals surface area contributed by atoms with Crippen LogP contribution in [0.15, 0.2) is 18.2 Å². The van der Waals surface area contributed by atoms with E-state index >= 15 is 0 Å². The molecule has 0 aliphatic heterocycles.